The average Bonchev–Trinajstić information content (AvgIpc) is 2.43. The Labute approximate surface area is 125 Å². The van der Waals surface area contributed by atoms with Crippen molar-refractivity contribution in [3.8, 4) is 5.75 Å². The van der Waals surface area contributed by atoms with Crippen molar-refractivity contribution in [3.05, 3.63) is 42.0 Å². The molecule has 1 saturated heterocycles. The molecule has 7 heteroatoms. The van der Waals surface area contributed by atoms with Crippen LogP contribution in [-0.2, 0) is 4.74 Å². The summed E-state index contributed by atoms with van der Waals surface area (Å²) < 4.78 is 32.2. The largest absolute Gasteiger partial charge is 0.507 e. The van der Waals surface area contributed by atoms with Gasteiger partial charge in [0.2, 0.25) is 0 Å². The van der Waals surface area contributed by atoms with Gasteiger partial charge in [0.15, 0.2) is 6.61 Å². The monoisotopic (exact) mass is 315 g/mol. The van der Waals surface area contributed by atoms with E-state index in [-0.39, 0.29) is 23.7 Å². The molecule has 0 radical (unpaired) electrons. The SMILES string of the molecule is Cl.O=C1N[C@H](c2ccc(O)c3ccccc23)C(F)(F)CO1. The molecule has 1 fully saturated rings. The van der Waals surface area contributed by atoms with Crippen molar-refractivity contribution in [3.63, 3.8) is 0 Å². The molecule has 0 unspecified atom stereocenters. The molecule has 112 valence electrons. The standard InChI is InChI=1S/C14H11F2NO3.ClH/c15-14(16)7-20-13(19)17-12(14)10-5-6-11(18)9-4-2-1-3-8(9)10;/h1-6,12,18H,7H2,(H,17,19);1H/t12-;/m1./s1. The molecule has 0 aromatic heterocycles. The third kappa shape index (κ3) is 2.58. The smallest absolute Gasteiger partial charge is 0.408 e. The Morgan fingerprint density at radius 2 is 1.86 bits per heavy atom. The van der Waals surface area contributed by atoms with E-state index >= 15 is 0 Å². The first-order valence-corrected chi connectivity index (χ1v) is 6.01. The number of amides is 1. The van der Waals surface area contributed by atoms with Crippen LogP contribution in [-0.4, -0.2) is 23.7 Å². The van der Waals surface area contributed by atoms with Crippen molar-refractivity contribution in [2.45, 2.75) is 12.0 Å². The fourth-order valence-electron chi connectivity index (χ4n) is 2.37. The Morgan fingerprint density at radius 3 is 2.57 bits per heavy atom. The van der Waals surface area contributed by atoms with Gasteiger partial charge in [-0.15, -0.1) is 12.4 Å². The number of benzene rings is 2. The van der Waals surface area contributed by atoms with Crippen LogP contribution in [0.15, 0.2) is 36.4 Å². The molecule has 0 spiro atoms. The van der Waals surface area contributed by atoms with Gasteiger partial charge in [-0.25, -0.2) is 13.6 Å². The molecule has 4 nitrogen and oxygen atoms in total. The van der Waals surface area contributed by atoms with Gasteiger partial charge in [0.05, 0.1) is 0 Å². The molecule has 0 bridgehead atoms. The van der Waals surface area contributed by atoms with E-state index in [1.54, 1.807) is 24.3 Å². The summed E-state index contributed by atoms with van der Waals surface area (Å²) in [5.74, 6) is -3.21. The Hall–Kier alpha value is -2.08. The van der Waals surface area contributed by atoms with E-state index in [0.29, 0.717) is 10.8 Å². The number of phenols is 1. The second-order valence-electron chi connectivity index (χ2n) is 4.63. The number of aromatic hydroxyl groups is 1. The van der Waals surface area contributed by atoms with Crippen molar-refractivity contribution in [1.82, 2.24) is 5.32 Å². The fourth-order valence-corrected chi connectivity index (χ4v) is 2.37. The highest BCUT2D eigenvalue weighted by Crippen LogP contribution is 2.39. The van der Waals surface area contributed by atoms with Crippen LogP contribution < -0.4 is 5.32 Å². The van der Waals surface area contributed by atoms with Gasteiger partial charge in [0.25, 0.3) is 0 Å². The highest BCUT2D eigenvalue weighted by Gasteiger charge is 2.47. The minimum Gasteiger partial charge on any atom is -0.507 e. The lowest BCUT2D eigenvalue weighted by Gasteiger charge is -2.32. The van der Waals surface area contributed by atoms with Crippen LogP contribution in [0.5, 0.6) is 5.75 Å². The lowest BCUT2D eigenvalue weighted by atomic mass is 9.94. The predicted octanol–water partition coefficient (Wildman–Crippen LogP) is 3.38. The Bertz CT molecular complexity index is 693. The van der Waals surface area contributed by atoms with E-state index < -0.39 is 24.7 Å². The number of hydrogen-bond acceptors (Lipinski definition) is 3. The summed E-state index contributed by atoms with van der Waals surface area (Å²) >= 11 is 0. The second kappa shape index (κ2) is 5.37. The molecule has 1 aliphatic rings. The van der Waals surface area contributed by atoms with E-state index in [1.807, 2.05) is 0 Å². The molecule has 2 aromatic rings. The van der Waals surface area contributed by atoms with Crippen LogP contribution in [0.3, 0.4) is 0 Å². The number of fused-ring (bicyclic) bond motifs is 1. The number of phenolic OH excluding ortho intramolecular Hbond substituents is 1. The number of carbonyl (C=O) groups is 1. The maximum atomic E-state index is 14.0. The van der Waals surface area contributed by atoms with Crippen molar-refractivity contribution < 1.29 is 23.4 Å². The molecule has 2 aromatic carbocycles. The van der Waals surface area contributed by atoms with Gasteiger partial charge in [0.1, 0.15) is 11.8 Å². The van der Waals surface area contributed by atoms with E-state index in [1.165, 1.54) is 12.1 Å². The van der Waals surface area contributed by atoms with Gasteiger partial charge in [-0.2, -0.15) is 0 Å². The quantitative estimate of drug-likeness (QED) is 0.848. The first kappa shape index (κ1) is 15.3. The van der Waals surface area contributed by atoms with Crippen molar-refractivity contribution in [2.24, 2.45) is 0 Å². The zero-order valence-corrected chi connectivity index (χ0v) is 11.5. The van der Waals surface area contributed by atoms with Crippen LogP contribution >= 0.6 is 12.4 Å². The van der Waals surface area contributed by atoms with Crippen molar-refractivity contribution >= 4 is 29.3 Å². The maximum Gasteiger partial charge on any atom is 0.408 e. The Balaban J connectivity index is 0.00000161. The highest BCUT2D eigenvalue weighted by molar-refractivity contribution is 5.91. The molecule has 0 saturated carbocycles. The molecular weight excluding hydrogens is 304 g/mol. The third-order valence-electron chi connectivity index (χ3n) is 3.33. The molecule has 21 heavy (non-hydrogen) atoms. The normalized spacial score (nSPS) is 20.3. The summed E-state index contributed by atoms with van der Waals surface area (Å²) in [6, 6.07) is 7.90. The summed E-state index contributed by atoms with van der Waals surface area (Å²) in [6.07, 6.45) is -0.877. The van der Waals surface area contributed by atoms with Gasteiger partial charge in [0, 0.05) is 5.39 Å². The minimum absolute atomic E-state index is 0. The maximum absolute atomic E-state index is 14.0. The van der Waals surface area contributed by atoms with Gasteiger partial charge in [-0.3, -0.25) is 0 Å². The minimum atomic E-state index is -3.21. The molecule has 3 rings (SSSR count). The van der Waals surface area contributed by atoms with Crippen molar-refractivity contribution in [2.75, 3.05) is 6.61 Å². The van der Waals surface area contributed by atoms with Crippen LogP contribution in [0.4, 0.5) is 13.6 Å². The number of cyclic esters (lactones) is 1. The number of rotatable bonds is 1. The first-order valence-electron chi connectivity index (χ1n) is 6.01. The lowest BCUT2D eigenvalue weighted by molar-refractivity contribution is -0.103. The molecule has 0 aliphatic carbocycles. The Kier molecular flexibility index (Phi) is 3.91. The molecule has 1 atom stereocenters. The number of ether oxygens (including phenoxy) is 1. The van der Waals surface area contributed by atoms with Crippen LogP contribution in [0, 0.1) is 0 Å². The summed E-state index contributed by atoms with van der Waals surface area (Å²) in [5.41, 5.74) is 0.250. The van der Waals surface area contributed by atoms with Gasteiger partial charge < -0.3 is 15.2 Å². The fraction of sp³-hybridized carbons (Fsp3) is 0.214. The van der Waals surface area contributed by atoms with Gasteiger partial charge >= 0.3 is 12.0 Å². The van der Waals surface area contributed by atoms with Gasteiger partial charge in [-0.1, -0.05) is 30.3 Å². The topological polar surface area (TPSA) is 58.6 Å². The predicted molar refractivity (Wildman–Crippen MR) is 75.0 cm³/mol. The Morgan fingerprint density at radius 1 is 1.19 bits per heavy atom. The number of hydrogen-bond donors (Lipinski definition) is 2. The van der Waals surface area contributed by atoms with Crippen LogP contribution in [0.2, 0.25) is 0 Å². The first-order chi connectivity index (χ1) is 9.49. The number of carbonyl (C=O) groups excluding carboxylic acids is 1. The summed E-state index contributed by atoms with van der Waals surface area (Å²) in [6.45, 7) is -0.960. The molecule has 1 aliphatic heterocycles. The van der Waals surface area contributed by atoms with Crippen LogP contribution in [0.1, 0.15) is 11.6 Å². The van der Waals surface area contributed by atoms with Gasteiger partial charge in [-0.05, 0) is 17.0 Å². The zero-order chi connectivity index (χ0) is 14.3. The summed E-state index contributed by atoms with van der Waals surface area (Å²) in [4.78, 5) is 11.2. The van der Waals surface area contributed by atoms with E-state index in [2.05, 4.69) is 10.1 Å². The molecule has 2 N–H and O–H groups in total. The number of halogens is 3. The van der Waals surface area contributed by atoms with E-state index in [4.69, 9.17) is 0 Å². The number of nitrogens with one attached hydrogen (secondary N) is 1. The molecule has 1 heterocycles. The summed E-state index contributed by atoms with van der Waals surface area (Å²) in [5, 5.41) is 12.8. The van der Waals surface area contributed by atoms with Crippen molar-refractivity contribution in [1.29, 1.82) is 0 Å². The second-order valence-corrected chi connectivity index (χ2v) is 4.63. The highest BCUT2D eigenvalue weighted by atomic mass is 35.5. The average molecular weight is 316 g/mol. The molecular formula is C14H12ClF2NO3. The van der Waals surface area contributed by atoms with E-state index in [0.717, 1.165) is 0 Å². The number of alkyl carbamates (subject to hydrolysis) is 1. The summed E-state index contributed by atoms with van der Waals surface area (Å²) in [7, 11) is 0. The van der Waals surface area contributed by atoms with E-state index in [9.17, 15) is 18.7 Å². The zero-order valence-electron chi connectivity index (χ0n) is 10.7. The van der Waals surface area contributed by atoms with Crippen LogP contribution in [0.25, 0.3) is 10.8 Å². The lowest BCUT2D eigenvalue weighted by Crippen LogP contribution is -2.49. The molecule has 1 amide bonds. The third-order valence-corrected chi connectivity index (χ3v) is 3.33. The number of alkyl halides is 2.